The highest BCUT2D eigenvalue weighted by Crippen LogP contribution is 2.31. The lowest BCUT2D eigenvalue weighted by atomic mass is 9.79. The van der Waals surface area contributed by atoms with E-state index in [9.17, 15) is 9.90 Å². The van der Waals surface area contributed by atoms with Gasteiger partial charge in [-0.1, -0.05) is 37.3 Å². The molecule has 20 heavy (non-hydrogen) atoms. The standard InChI is InChI=1S/C16H23NO3/c1-13-7-9-16(19,10-8-13)12-17-15(18)20-11-14-5-3-2-4-6-14/h2-6,13,19H,7-12H2,1H3,(H,17,18). The third-order valence-corrected chi connectivity index (χ3v) is 3.98. The minimum Gasteiger partial charge on any atom is -0.445 e. The Morgan fingerprint density at radius 3 is 2.65 bits per heavy atom. The quantitative estimate of drug-likeness (QED) is 0.889. The molecule has 1 aromatic carbocycles. The van der Waals surface area contributed by atoms with E-state index in [1.165, 1.54) is 0 Å². The highest BCUT2D eigenvalue weighted by Gasteiger charge is 2.32. The fraction of sp³-hybridized carbons (Fsp3) is 0.562. The number of amides is 1. The Morgan fingerprint density at radius 2 is 2.00 bits per heavy atom. The Bertz CT molecular complexity index is 425. The summed E-state index contributed by atoms with van der Waals surface area (Å²) in [6.45, 7) is 2.72. The molecule has 1 aliphatic rings. The zero-order valence-corrected chi connectivity index (χ0v) is 12.0. The van der Waals surface area contributed by atoms with Crippen molar-refractivity contribution in [2.24, 2.45) is 5.92 Å². The second kappa shape index (κ2) is 6.75. The van der Waals surface area contributed by atoms with Crippen LogP contribution in [0.4, 0.5) is 4.79 Å². The molecule has 1 saturated carbocycles. The molecule has 0 unspecified atom stereocenters. The molecule has 2 rings (SSSR count). The molecule has 0 aliphatic heterocycles. The summed E-state index contributed by atoms with van der Waals surface area (Å²) in [4.78, 5) is 11.6. The van der Waals surface area contributed by atoms with E-state index < -0.39 is 11.7 Å². The first kappa shape index (κ1) is 14.9. The van der Waals surface area contributed by atoms with Gasteiger partial charge in [-0.25, -0.2) is 4.79 Å². The van der Waals surface area contributed by atoms with Crippen LogP contribution >= 0.6 is 0 Å². The summed E-state index contributed by atoms with van der Waals surface area (Å²) >= 11 is 0. The third kappa shape index (κ3) is 4.53. The van der Waals surface area contributed by atoms with Crippen LogP contribution in [0.3, 0.4) is 0 Å². The van der Waals surface area contributed by atoms with Crippen LogP contribution < -0.4 is 5.32 Å². The Hall–Kier alpha value is -1.55. The van der Waals surface area contributed by atoms with Crippen molar-refractivity contribution in [3.05, 3.63) is 35.9 Å². The van der Waals surface area contributed by atoms with E-state index in [1.54, 1.807) is 0 Å². The average Bonchev–Trinajstić information content (AvgIpc) is 2.48. The van der Waals surface area contributed by atoms with Gasteiger partial charge < -0.3 is 15.2 Å². The van der Waals surface area contributed by atoms with E-state index in [0.717, 1.165) is 31.2 Å². The lowest BCUT2D eigenvalue weighted by Crippen LogP contribution is -2.45. The molecule has 4 heteroatoms. The maximum Gasteiger partial charge on any atom is 0.407 e. The van der Waals surface area contributed by atoms with Crippen molar-refractivity contribution < 1.29 is 14.6 Å². The molecule has 4 nitrogen and oxygen atoms in total. The molecule has 0 radical (unpaired) electrons. The number of hydrogen-bond acceptors (Lipinski definition) is 3. The number of carbonyl (C=O) groups is 1. The highest BCUT2D eigenvalue weighted by molar-refractivity contribution is 5.67. The molecule has 0 aromatic heterocycles. The number of benzene rings is 1. The number of carbonyl (C=O) groups excluding carboxylic acids is 1. The number of aliphatic hydroxyl groups is 1. The lowest BCUT2D eigenvalue weighted by Gasteiger charge is -2.34. The van der Waals surface area contributed by atoms with Crippen LogP contribution in [0.2, 0.25) is 0 Å². The average molecular weight is 277 g/mol. The fourth-order valence-corrected chi connectivity index (χ4v) is 2.49. The van der Waals surface area contributed by atoms with E-state index in [4.69, 9.17) is 4.74 Å². The van der Waals surface area contributed by atoms with E-state index in [1.807, 2.05) is 30.3 Å². The molecule has 1 aromatic rings. The number of nitrogens with one attached hydrogen (secondary N) is 1. The van der Waals surface area contributed by atoms with Crippen molar-refractivity contribution in [3.8, 4) is 0 Å². The molecular formula is C16H23NO3. The first-order valence-corrected chi connectivity index (χ1v) is 7.24. The van der Waals surface area contributed by atoms with Gasteiger partial charge in [-0.15, -0.1) is 0 Å². The predicted molar refractivity (Wildman–Crippen MR) is 77.2 cm³/mol. The normalized spacial score (nSPS) is 26.0. The summed E-state index contributed by atoms with van der Waals surface area (Å²) in [6, 6.07) is 9.54. The summed E-state index contributed by atoms with van der Waals surface area (Å²) in [5, 5.41) is 13.0. The minimum atomic E-state index is -0.766. The van der Waals surface area contributed by atoms with Crippen molar-refractivity contribution in [3.63, 3.8) is 0 Å². The molecule has 0 saturated heterocycles. The van der Waals surface area contributed by atoms with E-state index >= 15 is 0 Å². The van der Waals surface area contributed by atoms with Gasteiger partial charge in [0.1, 0.15) is 6.61 Å². The summed E-state index contributed by atoms with van der Waals surface area (Å²) < 4.78 is 5.12. The van der Waals surface area contributed by atoms with Gasteiger partial charge in [-0.3, -0.25) is 0 Å². The first-order chi connectivity index (χ1) is 9.57. The van der Waals surface area contributed by atoms with Crippen LogP contribution in [-0.4, -0.2) is 23.3 Å². The first-order valence-electron chi connectivity index (χ1n) is 7.24. The molecular weight excluding hydrogens is 254 g/mol. The molecule has 0 heterocycles. The highest BCUT2D eigenvalue weighted by atomic mass is 16.5. The Morgan fingerprint density at radius 1 is 1.35 bits per heavy atom. The topological polar surface area (TPSA) is 58.6 Å². The van der Waals surface area contributed by atoms with Crippen molar-refractivity contribution in [2.75, 3.05) is 6.54 Å². The molecule has 2 N–H and O–H groups in total. The van der Waals surface area contributed by atoms with Crippen LogP contribution in [-0.2, 0) is 11.3 Å². The molecule has 110 valence electrons. The van der Waals surface area contributed by atoms with Gasteiger partial charge in [0.15, 0.2) is 0 Å². The SMILES string of the molecule is CC1CCC(O)(CNC(=O)OCc2ccccc2)CC1. The summed E-state index contributed by atoms with van der Waals surface area (Å²) in [6.07, 6.45) is 3.04. The molecule has 1 amide bonds. The number of hydrogen-bond donors (Lipinski definition) is 2. The van der Waals surface area contributed by atoms with Gasteiger partial charge in [-0.05, 0) is 37.2 Å². The number of rotatable bonds is 4. The van der Waals surface area contributed by atoms with Gasteiger partial charge >= 0.3 is 6.09 Å². The van der Waals surface area contributed by atoms with Crippen molar-refractivity contribution >= 4 is 6.09 Å². The van der Waals surface area contributed by atoms with Crippen molar-refractivity contribution in [1.82, 2.24) is 5.32 Å². The zero-order chi connectivity index (χ0) is 14.4. The zero-order valence-electron chi connectivity index (χ0n) is 12.0. The molecule has 0 atom stereocenters. The van der Waals surface area contributed by atoms with Gasteiger partial charge in [0.05, 0.1) is 5.60 Å². The molecule has 0 spiro atoms. The third-order valence-electron chi connectivity index (χ3n) is 3.98. The number of alkyl carbamates (subject to hydrolysis) is 1. The Kier molecular flexibility index (Phi) is 5.01. The maximum atomic E-state index is 11.6. The fourth-order valence-electron chi connectivity index (χ4n) is 2.49. The van der Waals surface area contributed by atoms with E-state index in [2.05, 4.69) is 12.2 Å². The lowest BCUT2D eigenvalue weighted by molar-refractivity contribution is -0.00647. The minimum absolute atomic E-state index is 0.252. The molecule has 1 fully saturated rings. The predicted octanol–water partition coefficient (Wildman–Crippen LogP) is 2.85. The van der Waals surface area contributed by atoms with Gasteiger partial charge in [0.25, 0.3) is 0 Å². The van der Waals surface area contributed by atoms with Crippen LogP contribution in [0.15, 0.2) is 30.3 Å². The molecule has 0 bridgehead atoms. The van der Waals surface area contributed by atoms with Crippen LogP contribution in [0, 0.1) is 5.92 Å². The van der Waals surface area contributed by atoms with Crippen LogP contribution in [0.1, 0.15) is 38.2 Å². The van der Waals surface area contributed by atoms with Gasteiger partial charge in [-0.2, -0.15) is 0 Å². The van der Waals surface area contributed by atoms with Crippen molar-refractivity contribution in [1.29, 1.82) is 0 Å². The largest absolute Gasteiger partial charge is 0.445 e. The molecule has 1 aliphatic carbocycles. The smallest absolute Gasteiger partial charge is 0.407 e. The summed E-state index contributed by atoms with van der Waals surface area (Å²) in [5.41, 5.74) is 0.186. The Labute approximate surface area is 120 Å². The Balaban J connectivity index is 1.70. The second-order valence-electron chi connectivity index (χ2n) is 5.82. The second-order valence-corrected chi connectivity index (χ2v) is 5.82. The van der Waals surface area contributed by atoms with E-state index in [-0.39, 0.29) is 13.2 Å². The van der Waals surface area contributed by atoms with Gasteiger partial charge in [0, 0.05) is 6.54 Å². The van der Waals surface area contributed by atoms with Crippen molar-refractivity contribution in [2.45, 2.75) is 44.8 Å². The van der Waals surface area contributed by atoms with Crippen LogP contribution in [0.25, 0.3) is 0 Å². The summed E-state index contributed by atoms with van der Waals surface area (Å²) in [5.74, 6) is 0.667. The van der Waals surface area contributed by atoms with Crippen LogP contribution in [0.5, 0.6) is 0 Å². The monoisotopic (exact) mass is 277 g/mol. The van der Waals surface area contributed by atoms with Gasteiger partial charge in [0.2, 0.25) is 0 Å². The summed E-state index contributed by atoms with van der Waals surface area (Å²) in [7, 11) is 0. The number of ether oxygens (including phenoxy) is 1. The van der Waals surface area contributed by atoms with E-state index in [0.29, 0.717) is 5.92 Å². The maximum absolute atomic E-state index is 11.6.